The lowest BCUT2D eigenvalue weighted by molar-refractivity contribution is 0.307. The molecule has 2 nitrogen and oxygen atoms in total. The van der Waals surface area contributed by atoms with Crippen LogP contribution in [0.15, 0.2) is 12.1 Å². The van der Waals surface area contributed by atoms with Gasteiger partial charge < -0.3 is 10.1 Å². The Labute approximate surface area is 123 Å². The minimum absolute atomic E-state index is 0.121. The predicted octanol–water partition coefficient (Wildman–Crippen LogP) is 4.37. The highest BCUT2D eigenvalue weighted by Crippen LogP contribution is 2.40. The highest BCUT2D eigenvalue weighted by Gasteiger charge is 2.27. The van der Waals surface area contributed by atoms with Crippen LogP contribution in [-0.4, -0.2) is 13.2 Å². The number of hydrogen-bond acceptors (Lipinski definition) is 2. The van der Waals surface area contributed by atoms with E-state index < -0.39 is 0 Å². The molecule has 1 atom stereocenters. The number of fused-ring (bicyclic) bond motifs is 1. The molecule has 20 heavy (non-hydrogen) atoms. The third-order valence-electron chi connectivity index (χ3n) is 4.10. The van der Waals surface area contributed by atoms with Crippen LogP contribution < -0.4 is 10.1 Å². The van der Waals surface area contributed by atoms with Crippen molar-refractivity contribution in [2.45, 2.75) is 65.3 Å². The summed E-state index contributed by atoms with van der Waals surface area (Å²) in [7, 11) is 0. The Balaban J connectivity index is 2.58. The van der Waals surface area contributed by atoms with E-state index in [1.165, 1.54) is 16.7 Å². The lowest BCUT2D eigenvalue weighted by Gasteiger charge is -2.27. The normalized spacial score (nSPS) is 19.1. The average molecular weight is 275 g/mol. The predicted molar refractivity (Wildman–Crippen MR) is 85.7 cm³/mol. The number of nitrogens with one attached hydrogen (secondary N) is 1. The largest absolute Gasteiger partial charge is 0.493 e. The van der Waals surface area contributed by atoms with Crippen LogP contribution in [0.1, 0.15) is 70.2 Å². The lowest BCUT2D eigenvalue weighted by Crippen LogP contribution is -2.22. The van der Waals surface area contributed by atoms with Gasteiger partial charge in [-0.15, -0.1) is 0 Å². The standard InChI is InChI=1S/C18H29NO/c1-6-13-11-14-16(19-7-2)9-8-10-20-17(14)15(12-13)18(3,4)5/h11-12,16,19H,6-10H2,1-5H3. The van der Waals surface area contributed by atoms with Gasteiger partial charge in [0.15, 0.2) is 0 Å². The van der Waals surface area contributed by atoms with Gasteiger partial charge in [-0.2, -0.15) is 0 Å². The first-order chi connectivity index (χ1) is 9.47. The van der Waals surface area contributed by atoms with E-state index in [2.05, 4.69) is 52.1 Å². The van der Waals surface area contributed by atoms with Gasteiger partial charge >= 0.3 is 0 Å². The fourth-order valence-corrected chi connectivity index (χ4v) is 2.97. The van der Waals surface area contributed by atoms with Crippen molar-refractivity contribution < 1.29 is 4.74 Å². The van der Waals surface area contributed by atoms with E-state index in [9.17, 15) is 0 Å². The number of ether oxygens (including phenoxy) is 1. The Bertz CT molecular complexity index is 459. The summed E-state index contributed by atoms with van der Waals surface area (Å²) in [5.74, 6) is 1.14. The van der Waals surface area contributed by atoms with Crippen LogP contribution in [-0.2, 0) is 11.8 Å². The zero-order chi connectivity index (χ0) is 14.8. The minimum atomic E-state index is 0.121. The first kappa shape index (κ1) is 15.4. The van der Waals surface area contributed by atoms with Gasteiger partial charge in [0, 0.05) is 17.2 Å². The zero-order valence-corrected chi connectivity index (χ0v) is 13.7. The Morgan fingerprint density at radius 3 is 2.60 bits per heavy atom. The van der Waals surface area contributed by atoms with Crippen molar-refractivity contribution in [2.24, 2.45) is 0 Å². The van der Waals surface area contributed by atoms with Gasteiger partial charge in [0.05, 0.1) is 6.61 Å². The van der Waals surface area contributed by atoms with E-state index in [1.54, 1.807) is 0 Å². The molecule has 0 fully saturated rings. The van der Waals surface area contributed by atoms with E-state index in [0.29, 0.717) is 6.04 Å². The SMILES string of the molecule is CCNC1CCCOc2c1cc(CC)cc2C(C)(C)C. The molecule has 1 unspecified atom stereocenters. The van der Waals surface area contributed by atoms with Crippen LogP contribution in [0.3, 0.4) is 0 Å². The second kappa shape index (κ2) is 6.17. The van der Waals surface area contributed by atoms with Crippen molar-refractivity contribution in [2.75, 3.05) is 13.2 Å². The van der Waals surface area contributed by atoms with Crippen molar-refractivity contribution in [1.82, 2.24) is 5.32 Å². The summed E-state index contributed by atoms with van der Waals surface area (Å²) < 4.78 is 6.14. The maximum atomic E-state index is 6.14. The zero-order valence-electron chi connectivity index (χ0n) is 13.7. The van der Waals surface area contributed by atoms with Crippen LogP contribution >= 0.6 is 0 Å². The maximum absolute atomic E-state index is 6.14. The van der Waals surface area contributed by atoms with Gasteiger partial charge in [-0.25, -0.2) is 0 Å². The summed E-state index contributed by atoms with van der Waals surface area (Å²) >= 11 is 0. The third-order valence-corrected chi connectivity index (χ3v) is 4.10. The monoisotopic (exact) mass is 275 g/mol. The summed E-state index contributed by atoms with van der Waals surface area (Å²) in [5.41, 5.74) is 4.27. The third kappa shape index (κ3) is 3.17. The number of hydrogen-bond donors (Lipinski definition) is 1. The van der Waals surface area contributed by atoms with Crippen LogP contribution in [0, 0.1) is 0 Å². The molecular formula is C18H29NO. The molecule has 1 N–H and O–H groups in total. The van der Waals surface area contributed by atoms with Crippen molar-refractivity contribution in [3.63, 3.8) is 0 Å². The summed E-state index contributed by atoms with van der Waals surface area (Å²) in [6.07, 6.45) is 3.37. The number of rotatable bonds is 3. The molecule has 0 aliphatic carbocycles. The molecule has 1 aromatic carbocycles. The number of benzene rings is 1. The summed E-state index contributed by atoms with van der Waals surface area (Å²) in [6.45, 7) is 13.1. The number of aryl methyl sites for hydroxylation is 1. The first-order valence-electron chi connectivity index (χ1n) is 8.00. The van der Waals surface area contributed by atoms with Crippen LogP contribution in [0.25, 0.3) is 0 Å². The summed E-state index contributed by atoms with van der Waals surface area (Å²) in [5, 5.41) is 3.63. The van der Waals surface area contributed by atoms with Gasteiger partial charge in [0.25, 0.3) is 0 Å². The molecule has 0 saturated carbocycles. The van der Waals surface area contributed by atoms with Crippen molar-refractivity contribution >= 4 is 0 Å². The van der Waals surface area contributed by atoms with Crippen molar-refractivity contribution in [3.8, 4) is 5.75 Å². The molecule has 0 saturated heterocycles. The lowest BCUT2D eigenvalue weighted by atomic mass is 9.82. The Hall–Kier alpha value is -1.02. The highest BCUT2D eigenvalue weighted by molar-refractivity contribution is 5.50. The Morgan fingerprint density at radius 1 is 1.25 bits per heavy atom. The molecule has 0 aromatic heterocycles. The minimum Gasteiger partial charge on any atom is -0.493 e. The smallest absolute Gasteiger partial charge is 0.127 e. The van der Waals surface area contributed by atoms with Crippen molar-refractivity contribution in [3.05, 3.63) is 28.8 Å². The molecule has 1 heterocycles. The summed E-state index contributed by atoms with van der Waals surface area (Å²) in [6, 6.07) is 5.13. The molecule has 0 radical (unpaired) electrons. The van der Waals surface area contributed by atoms with E-state index in [4.69, 9.17) is 4.74 Å². The summed E-state index contributed by atoms with van der Waals surface area (Å²) in [4.78, 5) is 0. The molecule has 0 spiro atoms. The molecule has 1 aliphatic rings. The van der Waals surface area contributed by atoms with Crippen LogP contribution in [0.5, 0.6) is 5.75 Å². The second-order valence-electron chi connectivity index (χ2n) is 6.77. The van der Waals surface area contributed by atoms with Gasteiger partial charge in [-0.1, -0.05) is 46.8 Å². The topological polar surface area (TPSA) is 21.3 Å². The van der Waals surface area contributed by atoms with Gasteiger partial charge in [-0.3, -0.25) is 0 Å². The van der Waals surface area contributed by atoms with Crippen LogP contribution in [0.2, 0.25) is 0 Å². The molecule has 1 aliphatic heterocycles. The van der Waals surface area contributed by atoms with Gasteiger partial charge in [0.1, 0.15) is 5.75 Å². The Morgan fingerprint density at radius 2 is 2.00 bits per heavy atom. The van der Waals surface area contributed by atoms with E-state index >= 15 is 0 Å². The highest BCUT2D eigenvalue weighted by atomic mass is 16.5. The fraction of sp³-hybridized carbons (Fsp3) is 0.667. The molecule has 112 valence electrons. The molecule has 1 aromatic rings. The van der Waals surface area contributed by atoms with Gasteiger partial charge in [0.2, 0.25) is 0 Å². The van der Waals surface area contributed by atoms with Crippen molar-refractivity contribution in [1.29, 1.82) is 0 Å². The molecule has 0 bridgehead atoms. The van der Waals surface area contributed by atoms with E-state index in [1.807, 2.05) is 0 Å². The fourth-order valence-electron chi connectivity index (χ4n) is 2.97. The maximum Gasteiger partial charge on any atom is 0.127 e. The molecule has 2 rings (SSSR count). The second-order valence-corrected chi connectivity index (χ2v) is 6.77. The quantitative estimate of drug-likeness (QED) is 0.884. The molecular weight excluding hydrogens is 246 g/mol. The first-order valence-corrected chi connectivity index (χ1v) is 8.00. The average Bonchev–Trinajstić information content (AvgIpc) is 2.59. The van der Waals surface area contributed by atoms with E-state index in [0.717, 1.165) is 38.2 Å². The van der Waals surface area contributed by atoms with Crippen LogP contribution in [0.4, 0.5) is 0 Å². The van der Waals surface area contributed by atoms with E-state index in [-0.39, 0.29) is 5.41 Å². The molecule has 2 heteroatoms. The molecule has 0 amide bonds. The Kier molecular flexibility index (Phi) is 4.74. The van der Waals surface area contributed by atoms with Gasteiger partial charge in [-0.05, 0) is 36.8 Å².